The van der Waals surface area contributed by atoms with Crippen molar-refractivity contribution in [2.75, 3.05) is 5.75 Å². The molecular formula is C11H18N2O2S. The van der Waals surface area contributed by atoms with Crippen molar-refractivity contribution >= 4 is 17.7 Å². The molecule has 90 valence electrons. The van der Waals surface area contributed by atoms with Crippen molar-refractivity contribution in [1.29, 1.82) is 0 Å². The van der Waals surface area contributed by atoms with Crippen molar-refractivity contribution in [2.24, 2.45) is 5.92 Å². The van der Waals surface area contributed by atoms with Gasteiger partial charge in [0.25, 0.3) is 0 Å². The molecule has 4 nitrogen and oxygen atoms in total. The van der Waals surface area contributed by atoms with E-state index < -0.39 is 5.97 Å². The van der Waals surface area contributed by atoms with Crippen molar-refractivity contribution < 1.29 is 9.90 Å². The van der Waals surface area contributed by atoms with Gasteiger partial charge in [-0.05, 0) is 18.4 Å². The van der Waals surface area contributed by atoms with Crippen molar-refractivity contribution in [3.05, 3.63) is 11.8 Å². The fraction of sp³-hybridized carbons (Fsp3) is 0.636. The predicted octanol–water partition coefficient (Wildman–Crippen LogP) is 2.28. The van der Waals surface area contributed by atoms with E-state index in [1.54, 1.807) is 0 Å². The molecule has 0 aliphatic heterocycles. The first kappa shape index (κ1) is 13.1. The summed E-state index contributed by atoms with van der Waals surface area (Å²) in [4.78, 5) is 10.5. The minimum Gasteiger partial charge on any atom is -0.481 e. The smallest absolute Gasteiger partial charge is 0.313 e. The van der Waals surface area contributed by atoms with Crippen LogP contribution in [0.1, 0.15) is 26.5 Å². The Kier molecular flexibility index (Phi) is 4.86. The first-order valence-electron chi connectivity index (χ1n) is 5.44. The summed E-state index contributed by atoms with van der Waals surface area (Å²) >= 11 is 1.33. The van der Waals surface area contributed by atoms with Crippen LogP contribution in [0.25, 0.3) is 0 Å². The molecule has 0 radical (unpaired) electrons. The first-order valence-corrected chi connectivity index (χ1v) is 6.42. The van der Waals surface area contributed by atoms with Gasteiger partial charge in [-0.15, -0.1) is 0 Å². The van der Waals surface area contributed by atoms with Gasteiger partial charge < -0.3 is 5.11 Å². The average molecular weight is 242 g/mol. The lowest BCUT2D eigenvalue weighted by molar-refractivity contribution is -0.133. The fourth-order valence-corrected chi connectivity index (χ4v) is 2.11. The summed E-state index contributed by atoms with van der Waals surface area (Å²) in [7, 11) is 0. The van der Waals surface area contributed by atoms with E-state index in [2.05, 4.69) is 18.9 Å². The zero-order valence-electron chi connectivity index (χ0n) is 9.93. The van der Waals surface area contributed by atoms with Crippen LogP contribution < -0.4 is 0 Å². The second-order valence-electron chi connectivity index (χ2n) is 4.09. The van der Waals surface area contributed by atoms with E-state index in [-0.39, 0.29) is 5.75 Å². The van der Waals surface area contributed by atoms with Crippen molar-refractivity contribution in [2.45, 2.75) is 38.8 Å². The third-order valence-corrected chi connectivity index (χ3v) is 3.05. The van der Waals surface area contributed by atoms with Crippen LogP contribution in [0.3, 0.4) is 0 Å². The standard InChI is InChI=1S/C11H18N2O2S/c1-4-9-5-10(16-7-11(14)15)13(12-9)6-8(2)3/h5,8H,4,6-7H2,1-3H3,(H,14,15). The highest BCUT2D eigenvalue weighted by atomic mass is 32.2. The van der Waals surface area contributed by atoms with Gasteiger partial charge in [0.05, 0.1) is 16.5 Å². The van der Waals surface area contributed by atoms with Gasteiger partial charge in [-0.1, -0.05) is 32.5 Å². The van der Waals surface area contributed by atoms with Crippen molar-refractivity contribution in [1.82, 2.24) is 9.78 Å². The molecule has 5 heteroatoms. The predicted molar refractivity (Wildman–Crippen MR) is 64.8 cm³/mol. The van der Waals surface area contributed by atoms with Gasteiger partial charge in [0.2, 0.25) is 0 Å². The van der Waals surface area contributed by atoms with E-state index in [0.717, 1.165) is 23.7 Å². The molecule has 1 aromatic heterocycles. The molecule has 0 aromatic carbocycles. The molecule has 1 rings (SSSR count). The lowest BCUT2D eigenvalue weighted by Crippen LogP contribution is -2.08. The highest BCUT2D eigenvalue weighted by molar-refractivity contribution is 7.99. The van der Waals surface area contributed by atoms with Crippen LogP contribution in [0.5, 0.6) is 0 Å². The second kappa shape index (κ2) is 5.94. The molecule has 0 saturated carbocycles. The summed E-state index contributed by atoms with van der Waals surface area (Å²) in [6.07, 6.45) is 0.881. The van der Waals surface area contributed by atoms with Gasteiger partial charge in [-0.2, -0.15) is 5.10 Å². The summed E-state index contributed by atoms with van der Waals surface area (Å²) in [5.41, 5.74) is 1.02. The molecule has 0 atom stereocenters. The highest BCUT2D eigenvalue weighted by Gasteiger charge is 2.10. The molecule has 1 aromatic rings. The maximum absolute atomic E-state index is 10.5. The summed E-state index contributed by atoms with van der Waals surface area (Å²) in [6.45, 7) is 7.13. The highest BCUT2D eigenvalue weighted by Crippen LogP contribution is 2.20. The zero-order valence-corrected chi connectivity index (χ0v) is 10.8. The number of rotatable bonds is 6. The number of carboxylic acids is 1. The van der Waals surface area contributed by atoms with Crippen molar-refractivity contribution in [3.8, 4) is 0 Å². The van der Waals surface area contributed by atoms with Gasteiger partial charge in [0.15, 0.2) is 0 Å². The van der Waals surface area contributed by atoms with E-state index >= 15 is 0 Å². The Morgan fingerprint density at radius 3 is 2.81 bits per heavy atom. The molecule has 1 heterocycles. The van der Waals surface area contributed by atoms with E-state index in [9.17, 15) is 4.79 Å². The topological polar surface area (TPSA) is 55.1 Å². The Labute approximate surface area is 100 Å². The number of aliphatic carboxylic acids is 1. The summed E-state index contributed by atoms with van der Waals surface area (Å²) in [5.74, 6) is -0.193. The molecule has 0 aliphatic carbocycles. The van der Waals surface area contributed by atoms with Gasteiger partial charge >= 0.3 is 5.97 Å². The Morgan fingerprint density at radius 1 is 1.62 bits per heavy atom. The van der Waals surface area contributed by atoms with Crippen LogP contribution >= 0.6 is 11.8 Å². The average Bonchev–Trinajstić information content (AvgIpc) is 2.56. The third-order valence-electron chi connectivity index (χ3n) is 2.04. The van der Waals surface area contributed by atoms with Crippen LogP contribution in [0.15, 0.2) is 11.1 Å². The molecule has 16 heavy (non-hydrogen) atoms. The van der Waals surface area contributed by atoms with Gasteiger partial charge in [0, 0.05) is 6.54 Å². The molecular weight excluding hydrogens is 224 g/mol. The molecule has 0 fully saturated rings. The number of carbonyl (C=O) groups is 1. The van der Waals surface area contributed by atoms with E-state index in [4.69, 9.17) is 5.11 Å². The first-order chi connectivity index (χ1) is 7.52. The number of hydrogen-bond acceptors (Lipinski definition) is 3. The van der Waals surface area contributed by atoms with Crippen molar-refractivity contribution in [3.63, 3.8) is 0 Å². The summed E-state index contributed by atoms with van der Waals surface area (Å²) in [5, 5.41) is 14.1. The molecule has 0 amide bonds. The third kappa shape index (κ3) is 3.89. The number of carboxylic acid groups (broad SMARTS) is 1. The Balaban J connectivity index is 2.78. The summed E-state index contributed by atoms with van der Waals surface area (Å²) in [6, 6.07) is 1.98. The minimum atomic E-state index is -0.791. The van der Waals surface area contributed by atoms with E-state index in [1.165, 1.54) is 11.8 Å². The summed E-state index contributed by atoms with van der Waals surface area (Å²) < 4.78 is 1.91. The maximum Gasteiger partial charge on any atom is 0.313 e. The number of aryl methyl sites for hydroxylation is 1. The number of hydrogen-bond donors (Lipinski definition) is 1. The zero-order chi connectivity index (χ0) is 12.1. The van der Waals surface area contributed by atoms with Crippen LogP contribution in [-0.2, 0) is 17.8 Å². The SMILES string of the molecule is CCc1cc(SCC(=O)O)n(CC(C)C)n1. The molecule has 0 aliphatic rings. The number of nitrogens with zero attached hydrogens (tertiary/aromatic N) is 2. The normalized spacial score (nSPS) is 11.0. The van der Waals surface area contributed by atoms with E-state index in [0.29, 0.717) is 5.92 Å². The lowest BCUT2D eigenvalue weighted by Gasteiger charge is -2.08. The van der Waals surface area contributed by atoms with Crippen LogP contribution in [0.2, 0.25) is 0 Å². The van der Waals surface area contributed by atoms with Crippen LogP contribution in [0, 0.1) is 5.92 Å². The molecule has 0 saturated heterocycles. The second-order valence-corrected chi connectivity index (χ2v) is 5.08. The molecule has 0 spiro atoms. The maximum atomic E-state index is 10.5. The Hall–Kier alpha value is -0.970. The van der Waals surface area contributed by atoms with Gasteiger partial charge in [0.1, 0.15) is 0 Å². The molecule has 0 unspecified atom stereocenters. The monoisotopic (exact) mass is 242 g/mol. The number of aromatic nitrogens is 2. The quantitative estimate of drug-likeness (QED) is 0.778. The Bertz CT molecular complexity index is 361. The van der Waals surface area contributed by atoms with Crippen LogP contribution in [-0.4, -0.2) is 26.6 Å². The van der Waals surface area contributed by atoms with E-state index in [1.807, 2.05) is 17.7 Å². The van der Waals surface area contributed by atoms with Gasteiger partial charge in [-0.25, -0.2) is 0 Å². The number of thioether (sulfide) groups is 1. The minimum absolute atomic E-state index is 0.0902. The largest absolute Gasteiger partial charge is 0.481 e. The lowest BCUT2D eigenvalue weighted by atomic mass is 10.2. The fourth-order valence-electron chi connectivity index (χ4n) is 1.35. The van der Waals surface area contributed by atoms with Crippen LogP contribution in [0.4, 0.5) is 0 Å². The molecule has 1 N–H and O–H groups in total. The molecule has 0 bridgehead atoms. The Morgan fingerprint density at radius 2 is 2.31 bits per heavy atom. The van der Waals surface area contributed by atoms with Gasteiger partial charge in [-0.3, -0.25) is 9.48 Å².